The van der Waals surface area contributed by atoms with Gasteiger partial charge in [0, 0.05) is 31.7 Å². The topological polar surface area (TPSA) is 142 Å². The van der Waals surface area contributed by atoms with Crippen molar-refractivity contribution in [3.8, 4) is 0 Å². The quantitative estimate of drug-likeness (QED) is 0.320. The molecule has 0 unspecified atom stereocenters. The lowest BCUT2D eigenvalue weighted by Crippen LogP contribution is -2.64. The molecule has 39 heavy (non-hydrogen) atoms. The smallest absolute Gasteiger partial charge is 0.246 e. The molecule has 0 radical (unpaired) electrons. The van der Waals surface area contributed by atoms with E-state index in [1.54, 1.807) is 18.7 Å². The lowest BCUT2D eigenvalue weighted by atomic mass is 9.93. The van der Waals surface area contributed by atoms with Crippen LogP contribution in [0.2, 0.25) is 0 Å². The molecule has 2 aliphatic heterocycles. The summed E-state index contributed by atoms with van der Waals surface area (Å²) in [5.74, 6) is -2.34. The van der Waals surface area contributed by atoms with Gasteiger partial charge >= 0.3 is 0 Å². The van der Waals surface area contributed by atoms with Gasteiger partial charge in [-0.1, -0.05) is 53.9 Å². The predicted molar refractivity (Wildman–Crippen MR) is 147 cm³/mol. The Bertz CT molecular complexity index is 904. The zero-order valence-corrected chi connectivity index (χ0v) is 24.3. The normalized spacial score (nSPS) is 25.5. The molecule has 3 N–H and O–H groups in total. The second-order valence-corrected chi connectivity index (χ2v) is 11.4. The summed E-state index contributed by atoms with van der Waals surface area (Å²) in [6.07, 6.45) is 5.74. The number of unbranched alkanes of at least 4 members (excludes halogenated alkanes) is 2. The molecule has 0 aromatic carbocycles. The molecule has 220 valence electrons. The largest absolute Gasteiger partial charge is 0.343 e. The third-order valence-electron chi connectivity index (χ3n) is 8.02. The van der Waals surface area contributed by atoms with Gasteiger partial charge in [0.1, 0.15) is 35.7 Å². The van der Waals surface area contributed by atoms with Crippen LogP contribution in [0.1, 0.15) is 105 Å². The molecule has 2 fully saturated rings. The fraction of sp³-hybridized carbons (Fsp3) is 0.793. The van der Waals surface area contributed by atoms with Gasteiger partial charge in [-0.3, -0.25) is 28.8 Å². The maximum Gasteiger partial charge on any atom is 0.246 e. The van der Waals surface area contributed by atoms with Gasteiger partial charge in [-0.2, -0.15) is 0 Å². The summed E-state index contributed by atoms with van der Waals surface area (Å²) in [5, 5.41) is 8.39. The lowest BCUT2D eigenvalue weighted by Gasteiger charge is -2.39. The van der Waals surface area contributed by atoms with E-state index in [0.29, 0.717) is 57.9 Å². The molecule has 2 rings (SSSR count). The van der Waals surface area contributed by atoms with Crippen molar-refractivity contribution in [3.05, 3.63) is 0 Å². The van der Waals surface area contributed by atoms with Crippen molar-refractivity contribution in [1.29, 1.82) is 0 Å². The first-order valence-corrected chi connectivity index (χ1v) is 14.8. The Morgan fingerprint density at radius 2 is 1.54 bits per heavy atom. The summed E-state index contributed by atoms with van der Waals surface area (Å²) in [6, 6.07) is -3.67. The van der Waals surface area contributed by atoms with Crippen molar-refractivity contribution < 1.29 is 28.8 Å². The van der Waals surface area contributed by atoms with Gasteiger partial charge in [0.25, 0.3) is 0 Å². The van der Waals surface area contributed by atoms with E-state index < -0.39 is 36.0 Å². The summed E-state index contributed by atoms with van der Waals surface area (Å²) in [5.41, 5.74) is 0. The van der Waals surface area contributed by atoms with Crippen LogP contribution >= 0.6 is 0 Å². The molecular weight excluding hydrogens is 500 g/mol. The molecule has 5 atom stereocenters. The van der Waals surface area contributed by atoms with Gasteiger partial charge in [0.2, 0.25) is 23.6 Å². The molecule has 10 nitrogen and oxygen atoms in total. The molecule has 0 aliphatic carbocycles. The second-order valence-electron chi connectivity index (χ2n) is 11.4. The molecule has 0 aromatic rings. The van der Waals surface area contributed by atoms with Gasteiger partial charge in [0.05, 0.1) is 0 Å². The van der Waals surface area contributed by atoms with Crippen LogP contribution in [-0.2, 0) is 28.8 Å². The number of rotatable bonds is 12. The highest BCUT2D eigenvalue weighted by atomic mass is 16.2. The van der Waals surface area contributed by atoms with Crippen molar-refractivity contribution in [1.82, 2.24) is 20.9 Å². The summed E-state index contributed by atoms with van der Waals surface area (Å²) in [6.45, 7) is 9.47. The molecule has 2 heterocycles. The minimum Gasteiger partial charge on any atom is -0.343 e. The molecular formula is C29H48N4O6. The van der Waals surface area contributed by atoms with Crippen LogP contribution in [-0.4, -0.2) is 70.8 Å². The molecule has 0 bridgehead atoms. The van der Waals surface area contributed by atoms with Crippen LogP contribution in [0.15, 0.2) is 0 Å². The number of amides is 4. The van der Waals surface area contributed by atoms with E-state index in [-0.39, 0.29) is 41.6 Å². The highest BCUT2D eigenvalue weighted by Gasteiger charge is 2.41. The van der Waals surface area contributed by atoms with Gasteiger partial charge in [-0.25, -0.2) is 0 Å². The number of hydrogen-bond acceptors (Lipinski definition) is 6. The maximum absolute atomic E-state index is 13.7. The van der Waals surface area contributed by atoms with E-state index in [1.807, 2.05) is 20.8 Å². The Morgan fingerprint density at radius 3 is 2.18 bits per heavy atom. The van der Waals surface area contributed by atoms with E-state index in [2.05, 4.69) is 16.0 Å². The van der Waals surface area contributed by atoms with Gasteiger partial charge < -0.3 is 20.9 Å². The third-order valence-corrected chi connectivity index (χ3v) is 8.02. The second kappa shape index (κ2) is 15.7. The minimum atomic E-state index is -1.16. The SMILES string of the molecule is CCC(=O)CCCCC[C@@H]1NC(=O)[C@H]2CCCCN2C(=O)[C@H]([C@@H](C)CC)NC(=O)[C@@H](CC(=O)C(C)C)NC1=O. The van der Waals surface area contributed by atoms with Crippen molar-refractivity contribution in [2.24, 2.45) is 11.8 Å². The van der Waals surface area contributed by atoms with Crippen LogP contribution < -0.4 is 16.0 Å². The molecule has 2 saturated heterocycles. The number of Topliss-reactive ketones (excluding diaryl/α,β-unsaturated/α-hetero) is 2. The van der Waals surface area contributed by atoms with Crippen LogP contribution in [0.5, 0.6) is 0 Å². The summed E-state index contributed by atoms with van der Waals surface area (Å²) in [7, 11) is 0. The monoisotopic (exact) mass is 548 g/mol. The average molecular weight is 549 g/mol. The average Bonchev–Trinajstić information content (AvgIpc) is 2.92. The standard InChI is InChI=1S/C29H48N4O6/c1-6-19(5)25-29(39)33-16-12-11-15-23(33)28(38)30-21(14-10-8-9-13-20(34)7-2)26(36)31-22(27(37)32-25)17-24(35)18(3)4/h18-19,21-23,25H,6-17H2,1-5H3,(H,30,38)(H,31,36)(H,32,37)/t19-,21-,22+,23+,25-/m0/s1. The first-order valence-electron chi connectivity index (χ1n) is 14.8. The highest BCUT2D eigenvalue weighted by Crippen LogP contribution is 2.22. The van der Waals surface area contributed by atoms with E-state index in [1.165, 1.54) is 0 Å². The molecule has 4 amide bonds. The highest BCUT2D eigenvalue weighted by molar-refractivity contribution is 5.99. The number of fused-ring (bicyclic) bond motifs is 1. The summed E-state index contributed by atoms with van der Waals surface area (Å²) < 4.78 is 0. The zero-order valence-electron chi connectivity index (χ0n) is 24.3. The molecule has 0 saturated carbocycles. The first kappa shape index (κ1) is 32.4. The molecule has 10 heteroatoms. The fourth-order valence-electron chi connectivity index (χ4n) is 5.06. The number of nitrogens with zero attached hydrogens (tertiary/aromatic N) is 1. The number of carbonyl (C=O) groups excluding carboxylic acids is 6. The number of hydrogen-bond donors (Lipinski definition) is 3. The Labute approximate surface area is 232 Å². The zero-order chi connectivity index (χ0) is 29.1. The maximum atomic E-state index is 13.7. The number of ketones is 2. The van der Waals surface area contributed by atoms with Crippen molar-refractivity contribution in [2.45, 2.75) is 129 Å². The van der Waals surface area contributed by atoms with E-state index in [4.69, 9.17) is 0 Å². The van der Waals surface area contributed by atoms with Crippen molar-refractivity contribution >= 4 is 35.2 Å². The van der Waals surface area contributed by atoms with Crippen LogP contribution in [0.25, 0.3) is 0 Å². The Hall–Kier alpha value is -2.78. The molecule has 2 aliphatic rings. The van der Waals surface area contributed by atoms with E-state index >= 15 is 0 Å². The molecule has 0 aromatic heterocycles. The van der Waals surface area contributed by atoms with E-state index in [9.17, 15) is 28.8 Å². The van der Waals surface area contributed by atoms with Gasteiger partial charge in [-0.15, -0.1) is 0 Å². The molecule has 0 spiro atoms. The first-order chi connectivity index (χ1) is 18.5. The Balaban J connectivity index is 2.36. The van der Waals surface area contributed by atoms with Crippen molar-refractivity contribution in [2.75, 3.05) is 6.54 Å². The number of nitrogens with one attached hydrogen (secondary N) is 3. The Morgan fingerprint density at radius 1 is 0.872 bits per heavy atom. The summed E-state index contributed by atoms with van der Waals surface area (Å²) >= 11 is 0. The van der Waals surface area contributed by atoms with Gasteiger partial charge in [0.15, 0.2) is 0 Å². The third kappa shape index (κ3) is 9.42. The number of piperidine rings is 1. The number of carbonyl (C=O) groups is 6. The Kier molecular flexibility index (Phi) is 13.1. The van der Waals surface area contributed by atoms with E-state index in [0.717, 1.165) is 12.8 Å². The fourth-order valence-corrected chi connectivity index (χ4v) is 5.06. The lowest BCUT2D eigenvalue weighted by molar-refractivity contribution is -0.148. The summed E-state index contributed by atoms with van der Waals surface area (Å²) in [4.78, 5) is 79.9. The van der Waals surface area contributed by atoms with Crippen molar-refractivity contribution in [3.63, 3.8) is 0 Å². The predicted octanol–water partition coefficient (Wildman–Crippen LogP) is 2.43. The minimum absolute atomic E-state index is 0.188. The van der Waals surface area contributed by atoms with Crippen LogP contribution in [0, 0.1) is 11.8 Å². The van der Waals surface area contributed by atoms with Gasteiger partial charge in [-0.05, 0) is 38.0 Å². The van der Waals surface area contributed by atoms with Crippen LogP contribution in [0.3, 0.4) is 0 Å². The van der Waals surface area contributed by atoms with Crippen LogP contribution in [0.4, 0.5) is 0 Å².